The fraction of sp³-hybridized carbons (Fsp3) is 0.733. The minimum Gasteiger partial charge on any atom is -0.469 e. The fourth-order valence-electron chi connectivity index (χ4n) is 2.29. The first kappa shape index (κ1) is 14.3. The van der Waals surface area contributed by atoms with Crippen LogP contribution in [0.3, 0.4) is 0 Å². The van der Waals surface area contributed by atoms with E-state index >= 15 is 0 Å². The van der Waals surface area contributed by atoms with Crippen molar-refractivity contribution in [1.29, 1.82) is 0 Å². The molecule has 1 unspecified atom stereocenters. The average Bonchev–Trinajstić information content (AvgIpc) is 2.75. The molecule has 0 amide bonds. The summed E-state index contributed by atoms with van der Waals surface area (Å²) in [6.45, 7) is 9.91. The van der Waals surface area contributed by atoms with Gasteiger partial charge in [-0.05, 0) is 24.9 Å². The Morgan fingerprint density at radius 3 is 2.59 bits per heavy atom. The smallest absolute Gasteiger partial charge is 0.108 e. The zero-order valence-electron chi connectivity index (χ0n) is 11.8. The maximum atomic E-state index is 5.53. The first-order valence-corrected chi connectivity index (χ1v) is 6.98. The van der Waals surface area contributed by atoms with E-state index < -0.39 is 0 Å². The van der Waals surface area contributed by atoms with Crippen LogP contribution in [0.25, 0.3) is 0 Å². The van der Waals surface area contributed by atoms with Crippen molar-refractivity contribution in [1.82, 2.24) is 5.32 Å². The molecule has 0 aliphatic heterocycles. The number of rotatable bonds is 8. The van der Waals surface area contributed by atoms with Crippen molar-refractivity contribution in [2.75, 3.05) is 6.54 Å². The number of nitrogens with one attached hydrogen (secondary N) is 1. The SMILES string of the molecule is CCNC(CCCC(C)C)c1ccoc1CC. The normalized spacial score (nSPS) is 13.2. The van der Waals surface area contributed by atoms with Crippen molar-refractivity contribution < 1.29 is 4.42 Å². The highest BCUT2D eigenvalue weighted by Crippen LogP contribution is 2.25. The van der Waals surface area contributed by atoms with Crippen molar-refractivity contribution in [2.24, 2.45) is 5.92 Å². The van der Waals surface area contributed by atoms with E-state index in [2.05, 4.69) is 39.1 Å². The van der Waals surface area contributed by atoms with Gasteiger partial charge in [-0.25, -0.2) is 0 Å². The molecular formula is C15H27NO. The monoisotopic (exact) mass is 237 g/mol. The van der Waals surface area contributed by atoms with Crippen molar-refractivity contribution in [3.8, 4) is 0 Å². The summed E-state index contributed by atoms with van der Waals surface area (Å²) in [6, 6.07) is 2.59. The zero-order chi connectivity index (χ0) is 12.7. The summed E-state index contributed by atoms with van der Waals surface area (Å²) in [5.41, 5.74) is 1.36. The summed E-state index contributed by atoms with van der Waals surface area (Å²) in [7, 11) is 0. The largest absolute Gasteiger partial charge is 0.469 e. The topological polar surface area (TPSA) is 25.2 Å². The van der Waals surface area contributed by atoms with Crippen LogP contribution in [0.15, 0.2) is 16.7 Å². The third-order valence-corrected chi connectivity index (χ3v) is 3.20. The Bertz CT molecular complexity index is 304. The van der Waals surface area contributed by atoms with Gasteiger partial charge in [-0.2, -0.15) is 0 Å². The molecule has 1 N–H and O–H groups in total. The molecule has 0 spiro atoms. The molecular weight excluding hydrogens is 210 g/mol. The van der Waals surface area contributed by atoms with Crippen LogP contribution in [-0.4, -0.2) is 6.54 Å². The molecule has 2 nitrogen and oxygen atoms in total. The molecule has 0 fully saturated rings. The molecule has 1 rings (SSSR count). The van der Waals surface area contributed by atoms with Gasteiger partial charge < -0.3 is 9.73 Å². The lowest BCUT2D eigenvalue weighted by Gasteiger charge is -2.18. The Labute approximate surface area is 106 Å². The highest BCUT2D eigenvalue weighted by Gasteiger charge is 2.15. The number of furan rings is 1. The molecule has 1 aromatic heterocycles. The van der Waals surface area contributed by atoms with E-state index in [4.69, 9.17) is 4.42 Å². The van der Waals surface area contributed by atoms with Gasteiger partial charge in [0.1, 0.15) is 5.76 Å². The molecule has 1 atom stereocenters. The summed E-state index contributed by atoms with van der Waals surface area (Å²) in [5, 5.41) is 3.57. The van der Waals surface area contributed by atoms with E-state index in [0.29, 0.717) is 6.04 Å². The van der Waals surface area contributed by atoms with Gasteiger partial charge in [0.25, 0.3) is 0 Å². The molecule has 17 heavy (non-hydrogen) atoms. The van der Waals surface area contributed by atoms with Crippen LogP contribution in [0.4, 0.5) is 0 Å². The highest BCUT2D eigenvalue weighted by molar-refractivity contribution is 5.21. The third-order valence-electron chi connectivity index (χ3n) is 3.20. The number of aryl methyl sites for hydroxylation is 1. The second-order valence-corrected chi connectivity index (χ2v) is 5.09. The quantitative estimate of drug-likeness (QED) is 0.728. The molecule has 0 saturated carbocycles. The van der Waals surface area contributed by atoms with Crippen LogP contribution >= 0.6 is 0 Å². The molecule has 1 aromatic rings. The first-order valence-electron chi connectivity index (χ1n) is 6.98. The summed E-state index contributed by atoms with van der Waals surface area (Å²) in [6.07, 6.45) is 6.60. The lowest BCUT2D eigenvalue weighted by Crippen LogP contribution is -2.21. The second-order valence-electron chi connectivity index (χ2n) is 5.09. The Morgan fingerprint density at radius 1 is 1.24 bits per heavy atom. The Hall–Kier alpha value is -0.760. The molecule has 0 bridgehead atoms. The van der Waals surface area contributed by atoms with E-state index in [0.717, 1.165) is 24.6 Å². The maximum Gasteiger partial charge on any atom is 0.108 e. The van der Waals surface area contributed by atoms with Crippen molar-refractivity contribution >= 4 is 0 Å². The lowest BCUT2D eigenvalue weighted by atomic mass is 9.97. The highest BCUT2D eigenvalue weighted by atomic mass is 16.3. The van der Waals surface area contributed by atoms with Gasteiger partial charge in [0.15, 0.2) is 0 Å². The summed E-state index contributed by atoms with van der Waals surface area (Å²) in [4.78, 5) is 0. The van der Waals surface area contributed by atoms with Gasteiger partial charge in [-0.3, -0.25) is 0 Å². The average molecular weight is 237 g/mol. The van der Waals surface area contributed by atoms with Crippen LogP contribution in [0.2, 0.25) is 0 Å². The summed E-state index contributed by atoms with van der Waals surface area (Å²) < 4.78 is 5.53. The summed E-state index contributed by atoms with van der Waals surface area (Å²) in [5.74, 6) is 1.94. The lowest BCUT2D eigenvalue weighted by molar-refractivity contribution is 0.441. The number of hydrogen-bond donors (Lipinski definition) is 1. The minimum absolute atomic E-state index is 0.465. The molecule has 98 valence electrons. The predicted octanol–water partition coefficient (Wildman–Crippen LogP) is 4.32. The summed E-state index contributed by atoms with van der Waals surface area (Å²) >= 11 is 0. The fourth-order valence-corrected chi connectivity index (χ4v) is 2.29. The van der Waals surface area contributed by atoms with Crippen LogP contribution in [0.1, 0.15) is 64.3 Å². The molecule has 1 heterocycles. The molecule has 0 aromatic carbocycles. The van der Waals surface area contributed by atoms with Gasteiger partial charge in [0.05, 0.1) is 6.26 Å². The van der Waals surface area contributed by atoms with Crippen LogP contribution in [0, 0.1) is 5.92 Å². The number of hydrogen-bond acceptors (Lipinski definition) is 2. The molecule has 0 aliphatic carbocycles. The standard InChI is InChI=1S/C15H27NO/c1-5-15-13(10-11-17-15)14(16-6-2)9-7-8-12(3)4/h10-12,14,16H,5-9H2,1-4H3. The van der Waals surface area contributed by atoms with Crippen molar-refractivity contribution in [2.45, 2.75) is 59.4 Å². The third kappa shape index (κ3) is 4.55. The molecule has 2 heteroatoms. The Morgan fingerprint density at radius 2 is 2.00 bits per heavy atom. The molecule has 0 saturated heterocycles. The van der Waals surface area contributed by atoms with Gasteiger partial charge in [0.2, 0.25) is 0 Å². The van der Waals surface area contributed by atoms with Crippen LogP contribution in [-0.2, 0) is 6.42 Å². The van der Waals surface area contributed by atoms with Gasteiger partial charge >= 0.3 is 0 Å². The Kier molecular flexibility index (Phi) is 6.35. The zero-order valence-corrected chi connectivity index (χ0v) is 11.8. The minimum atomic E-state index is 0.465. The predicted molar refractivity (Wildman–Crippen MR) is 73.2 cm³/mol. The van der Waals surface area contributed by atoms with Crippen molar-refractivity contribution in [3.63, 3.8) is 0 Å². The molecule has 0 aliphatic rings. The Balaban J connectivity index is 2.58. The molecule has 0 radical (unpaired) electrons. The van der Waals surface area contributed by atoms with E-state index in [1.54, 1.807) is 0 Å². The van der Waals surface area contributed by atoms with Crippen LogP contribution in [0.5, 0.6) is 0 Å². The second kappa shape index (κ2) is 7.54. The van der Waals surface area contributed by atoms with E-state index in [1.165, 1.54) is 24.8 Å². The van der Waals surface area contributed by atoms with Crippen LogP contribution < -0.4 is 5.32 Å². The van der Waals surface area contributed by atoms with Gasteiger partial charge in [-0.15, -0.1) is 0 Å². The maximum absolute atomic E-state index is 5.53. The van der Waals surface area contributed by atoms with E-state index in [1.807, 2.05) is 6.26 Å². The van der Waals surface area contributed by atoms with Gasteiger partial charge in [-0.1, -0.05) is 40.5 Å². The van der Waals surface area contributed by atoms with E-state index in [-0.39, 0.29) is 0 Å². The van der Waals surface area contributed by atoms with E-state index in [9.17, 15) is 0 Å². The van der Waals surface area contributed by atoms with Gasteiger partial charge in [0, 0.05) is 18.0 Å². The first-order chi connectivity index (χ1) is 8.19. The van der Waals surface area contributed by atoms with Crippen molar-refractivity contribution in [3.05, 3.63) is 23.7 Å².